The van der Waals surface area contributed by atoms with Crippen molar-refractivity contribution in [3.8, 4) is 44.5 Å². The lowest BCUT2D eigenvalue weighted by atomic mass is 9.81. The molecule has 0 aromatic heterocycles. The molecule has 2 aliphatic rings. The molecule has 2 heteroatoms. The van der Waals surface area contributed by atoms with Crippen molar-refractivity contribution in [1.82, 2.24) is 0 Å². The zero-order chi connectivity index (χ0) is 43.5. The van der Waals surface area contributed by atoms with Crippen molar-refractivity contribution in [2.75, 3.05) is 0 Å². The lowest BCUT2D eigenvalue weighted by Crippen LogP contribution is -2.14. The second-order valence-electron chi connectivity index (χ2n) is 18.7. The molecule has 0 heterocycles. The van der Waals surface area contributed by atoms with E-state index in [4.69, 9.17) is 0 Å². The smallest absolute Gasteiger partial charge is 0.0181 e. The van der Waals surface area contributed by atoms with Gasteiger partial charge >= 0.3 is 0 Å². The minimum atomic E-state index is -0.0257. The maximum absolute atomic E-state index is 3.70. The first-order valence-electron chi connectivity index (χ1n) is 22.2. The van der Waals surface area contributed by atoms with E-state index < -0.39 is 0 Å². The van der Waals surface area contributed by atoms with E-state index >= 15 is 0 Å². The Kier molecular flexibility index (Phi) is 8.97. The van der Waals surface area contributed by atoms with Crippen LogP contribution in [0, 0.1) is 0 Å². The molecule has 0 unspecified atom stereocenters. The van der Waals surface area contributed by atoms with Gasteiger partial charge in [0.2, 0.25) is 0 Å². The van der Waals surface area contributed by atoms with Gasteiger partial charge in [-0.2, -0.15) is 0 Å². The summed E-state index contributed by atoms with van der Waals surface area (Å²) in [6.45, 7) is 9.38. The van der Waals surface area contributed by atoms with Crippen molar-refractivity contribution in [3.05, 3.63) is 225 Å². The lowest BCUT2D eigenvalue weighted by Gasteiger charge is -2.22. The molecule has 0 atom stereocenters. The van der Waals surface area contributed by atoms with E-state index in [0.29, 0.717) is 0 Å². The molecule has 0 saturated heterocycles. The van der Waals surface area contributed by atoms with Crippen molar-refractivity contribution in [2.24, 2.45) is 0 Å². The van der Waals surface area contributed by atoms with Gasteiger partial charge < -0.3 is 0 Å². The van der Waals surface area contributed by atoms with Gasteiger partial charge in [-0.05, 0) is 169 Å². The average molecular weight is 949 g/mol. The van der Waals surface area contributed by atoms with Crippen LogP contribution in [0.5, 0.6) is 0 Å². The molecule has 13 rings (SSSR count). The van der Waals surface area contributed by atoms with Crippen molar-refractivity contribution in [1.29, 1.82) is 0 Å². The number of benzene rings is 11. The summed E-state index contributed by atoms with van der Waals surface area (Å²) >= 11 is 7.38. The largest absolute Gasteiger partial charge is 0.0616 e. The summed E-state index contributed by atoms with van der Waals surface area (Å²) < 4.78 is 2.26. The van der Waals surface area contributed by atoms with E-state index in [-0.39, 0.29) is 10.8 Å². The average Bonchev–Trinajstić information content (AvgIpc) is 3.68. The van der Waals surface area contributed by atoms with E-state index in [9.17, 15) is 0 Å². The predicted molar refractivity (Wildman–Crippen MR) is 282 cm³/mol. The molecule has 64 heavy (non-hydrogen) atoms. The summed E-state index contributed by atoms with van der Waals surface area (Å²) in [6.07, 6.45) is 0. The van der Waals surface area contributed by atoms with Gasteiger partial charge in [-0.1, -0.05) is 205 Å². The van der Waals surface area contributed by atoms with Crippen LogP contribution in [0.2, 0.25) is 0 Å². The first kappa shape index (κ1) is 39.3. The van der Waals surface area contributed by atoms with Crippen LogP contribution in [0.15, 0.2) is 203 Å². The Bertz CT molecular complexity index is 3760. The lowest BCUT2D eigenvalue weighted by molar-refractivity contribution is 0.660. The highest BCUT2D eigenvalue weighted by atomic mass is 79.9. The van der Waals surface area contributed by atoms with E-state index in [1.807, 2.05) is 0 Å². The summed E-state index contributed by atoms with van der Waals surface area (Å²) in [4.78, 5) is 0. The molecular weight excluding hydrogens is 904 g/mol. The fourth-order valence-electron chi connectivity index (χ4n) is 11.2. The number of fused-ring (bicyclic) bond motifs is 15. The first-order chi connectivity index (χ1) is 31.1. The zero-order valence-corrected chi connectivity index (χ0v) is 39.4. The van der Waals surface area contributed by atoms with Crippen molar-refractivity contribution >= 4 is 85.7 Å². The Morgan fingerprint density at radius 3 is 1.42 bits per heavy atom. The van der Waals surface area contributed by atoms with Crippen LogP contribution in [0.4, 0.5) is 0 Å². The monoisotopic (exact) mass is 946 g/mol. The van der Waals surface area contributed by atoms with Gasteiger partial charge in [-0.3, -0.25) is 0 Å². The topological polar surface area (TPSA) is 0 Å². The molecule has 0 amide bonds. The molecule has 0 N–H and O–H groups in total. The molecule has 0 radical (unpaired) electrons. The van der Waals surface area contributed by atoms with Gasteiger partial charge in [-0.15, -0.1) is 0 Å². The van der Waals surface area contributed by atoms with E-state index in [1.165, 1.54) is 121 Å². The number of halogens is 2. The summed E-state index contributed by atoms with van der Waals surface area (Å²) in [5.74, 6) is 0. The van der Waals surface area contributed by atoms with Gasteiger partial charge in [-0.25, -0.2) is 0 Å². The molecule has 0 fully saturated rings. The number of rotatable bonds is 2. The van der Waals surface area contributed by atoms with Crippen LogP contribution in [0.25, 0.3) is 98.4 Å². The Hall–Kier alpha value is -6.32. The van der Waals surface area contributed by atoms with Gasteiger partial charge in [0.15, 0.2) is 0 Å². The molecule has 0 bridgehead atoms. The molecule has 0 nitrogen and oxygen atoms in total. The van der Waals surface area contributed by atoms with Gasteiger partial charge in [0, 0.05) is 19.8 Å². The number of hydrogen-bond donors (Lipinski definition) is 0. The highest BCUT2D eigenvalue weighted by Crippen LogP contribution is 2.53. The van der Waals surface area contributed by atoms with Gasteiger partial charge in [0.05, 0.1) is 0 Å². The Labute approximate surface area is 391 Å². The van der Waals surface area contributed by atoms with Crippen molar-refractivity contribution in [3.63, 3.8) is 0 Å². The van der Waals surface area contributed by atoms with Gasteiger partial charge in [0.1, 0.15) is 0 Å². The maximum atomic E-state index is 3.70. The standard InChI is InChI=1S/C31H21Br.C31H23Br/c1-31(2)28-14-12-19(32)15-25(28)26-16-24-22-10-6-5-9-21(22)23-13-11-18-7-3-4-8-20(18)30(23)27(24)17-29(26)31;1-31(2)29-15-13-23(18-27(29)28-19-24(32)14-16-30(28)31)26-10-6-5-9-25(26)22-12-11-20-7-3-4-8-21(20)17-22/h3-17H,1-2H3;3-19H,1-2H3. The third-order valence-electron chi connectivity index (χ3n) is 14.4. The van der Waals surface area contributed by atoms with Crippen LogP contribution < -0.4 is 0 Å². The van der Waals surface area contributed by atoms with Crippen LogP contribution in [-0.4, -0.2) is 0 Å². The second-order valence-corrected chi connectivity index (χ2v) is 20.5. The highest BCUT2D eigenvalue weighted by Gasteiger charge is 2.37. The summed E-state index contributed by atoms with van der Waals surface area (Å²) in [5.41, 5.74) is 16.1. The molecule has 0 saturated carbocycles. The predicted octanol–water partition coefficient (Wildman–Crippen LogP) is 18.6. The van der Waals surface area contributed by atoms with E-state index in [0.717, 1.165) is 8.95 Å². The quantitative estimate of drug-likeness (QED) is 0.152. The maximum Gasteiger partial charge on any atom is 0.0181 e. The van der Waals surface area contributed by atoms with Crippen LogP contribution in [0.1, 0.15) is 49.9 Å². The molecular formula is C62H44Br2. The normalized spacial score (nSPS) is 14.0. The van der Waals surface area contributed by atoms with Crippen LogP contribution >= 0.6 is 31.9 Å². The molecule has 306 valence electrons. The minimum Gasteiger partial charge on any atom is -0.0616 e. The van der Waals surface area contributed by atoms with Crippen LogP contribution in [0.3, 0.4) is 0 Å². The summed E-state index contributed by atoms with van der Waals surface area (Å²) in [6, 6.07) is 71.7. The molecule has 2 aliphatic carbocycles. The Morgan fingerprint density at radius 2 is 0.750 bits per heavy atom. The summed E-state index contributed by atoms with van der Waals surface area (Å²) in [5, 5.41) is 13.2. The fraction of sp³-hybridized carbons (Fsp3) is 0.0968. The summed E-state index contributed by atoms with van der Waals surface area (Å²) in [7, 11) is 0. The molecule has 0 aliphatic heterocycles. The molecule has 11 aromatic carbocycles. The third-order valence-corrected chi connectivity index (χ3v) is 15.4. The minimum absolute atomic E-state index is 0.0156. The second kappa shape index (κ2) is 14.6. The number of hydrogen-bond acceptors (Lipinski definition) is 0. The van der Waals surface area contributed by atoms with E-state index in [1.54, 1.807) is 0 Å². The SMILES string of the molecule is CC1(C)c2ccc(Br)cc2-c2cc(-c3ccccc3-c3ccc4ccccc4c3)ccc21.CC1(C)c2ccc(Br)cc2-c2cc3c4ccccc4c4ccc5ccccc5c4c3cc21. The Morgan fingerprint density at radius 1 is 0.281 bits per heavy atom. The third kappa shape index (κ3) is 5.99. The van der Waals surface area contributed by atoms with Crippen molar-refractivity contribution in [2.45, 2.75) is 38.5 Å². The highest BCUT2D eigenvalue weighted by molar-refractivity contribution is 9.10. The first-order valence-corrected chi connectivity index (χ1v) is 23.8. The van der Waals surface area contributed by atoms with Crippen molar-refractivity contribution < 1.29 is 0 Å². The zero-order valence-electron chi connectivity index (χ0n) is 36.2. The Balaban J connectivity index is 0.000000135. The van der Waals surface area contributed by atoms with Crippen LogP contribution in [-0.2, 0) is 10.8 Å². The van der Waals surface area contributed by atoms with E-state index in [2.05, 4.69) is 254 Å². The molecule has 0 spiro atoms. The van der Waals surface area contributed by atoms with Gasteiger partial charge in [0.25, 0.3) is 0 Å². The fourth-order valence-corrected chi connectivity index (χ4v) is 11.9. The molecule has 11 aromatic rings.